The normalized spacial score (nSPS) is 13.4. The summed E-state index contributed by atoms with van der Waals surface area (Å²) < 4.78 is 5.03. The van der Waals surface area contributed by atoms with Gasteiger partial charge in [-0.3, -0.25) is 0 Å². The zero-order chi connectivity index (χ0) is 11.3. The average Bonchev–Trinajstić information content (AvgIpc) is 2.58. The molecule has 1 aromatic rings. The summed E-state index contributed by atoms with van der Waals surface area (Å²) in [5.74, 6) is 2.13. The van der Waals surface area contributed by atoms with Gasteiger partial charge in [0.15, 0.2) is 5.82 Å². The van der Waals surface area contributed by atoms with Crippen LogP contribution in [0.4, 0.5) is 0 Å². The maximum atomic E-state index is 5.03. The van der Waals surface area contributed by atoms with Gasteiger partial charge in [0.2, 0.25) is 5.89 Å². The van der Waals surface area contributed by atoms with Crippen LogP contribution in [-0.2, 0) is 6.42 Å². The van der Waals surface area contributed by atoms with E-state index in [0.717, 1.165) is 25.3 Å². The largest absolute Gasteiger partial charge is 0.339 e. The van der Waals surface area contributed by atoms with E-state index in [4.69, 9.17) is 4.52 Å². The number of aromatic nitrogens is 2. The molecule has 0 aliphatic carbocycles. The molecule has 1 heterocycles. The van der Waals surface area contributed by atoms with E-state index in [1.54, 1.807) is 0 Å². The number of hydrogen-bond acceptors (Lipinski definition) is 4. The molecule has 86 valence electrons. The van der Waals surface area contributed by atoms with Crippen LogP contribution in [0.25, 0.3) is 0 Å². The van der Waals surface area contributed by atoms with Crippen molar-refractivity contribution in [3.8, 4) is 0 Å². The third kappa shape index (κ3) is 4.42. The van der Waals surface area contributed by atoms with Gasteiger partial charge in [0.05, 0.1) is 0 Å². The van der Waals surface area contributed by atoms with Gasteiger partial charge in [-0.2, -0.15) is 4.98 Å². The van der Waals surface area contributed by atoms with Crippen molar-refractivity contribution >= 4 is 0 Å². The number of nitrogens with one attached hydrogen (secondary N) is 1. The Hall–Kier alpha value is -0.900. The van der Waals surface area contributed by atoms with E-state index in [1.165, 1.54) is 0 Å². The lowest BCUT2D eigenvalue weighted by Gasteiger charge is -2.16. The van der Waals surface area contributed by atoms with Crippen LogP contribution in [0.5, 0.6) is 0 Å². The predicted molar refractivity (Wildman–Crippen MR) is 59.7 cm³/mol. The van der Waals surface area contributed by atoms with Gasteiger partial charge < -0.3 is 9.84 Å². The van der Waals surface area contributed by atoms with Crippen LogP contribution in [0.1, 0.15) is 38.9 Å². The molecule has 0 aliphatic rings. The van der Waals surface area contributed by atoms with E-state index in [0.29, 0.717) is 17.8 Å². The number of hydrogen-bond donors (Lipinski definition) is 1. The van der Waals surface area contributed by atoms with Crippen molar-refractivity contribution in [2.45, 2.75) is 46.6 Å². The van der Waals surface area contributed by atoms with Crippen molar-refractivity contribution < 1.29 is 4.52 Å². The van der Waals surface area contributed by atoms with Gasteiger partial charge in [-0.05, 0) is 32.7 Å². The Morgan fingerprint density at radius 2 is 2.07 bits per heavy atom. The lowest BCUT2D eigenvalue weighted by atomic mass is 10.1. The third-order valence-electron chi connectivity index (χ3n) is 2.60. The summed E-state index contributed by atoms with van der Waals surface area (Å²) >= 11 is 0. The summed E-state index contributed by atoms with van der Waals surface area (Å²) in [7, 11) is 0. The lowest BCUT2D eigenvalue weighted by molar-refractivity contribution is 0.366. The van der Waals surface area contributed by atoms with E-state index in [-0.39, 0.29) is 0 Å². The van der Waals surface area contributed by atoms with Crippen molar-refractivity contribution in [1.82, 2.24) is 15.5 Å². The first-order valence-electron chi connectivity index (χ1n) is 5.62. The van der Waals surface area contributed by atoms with Crippen molar-refractivity contribution in [3.63, 3.8) is 0 Å². The van der Waals surface area contributed by atoms with E-state index >= 15 is 0 Å². The molecule has 4 heteroatoms. The molecule has 15 heavy (non-hydrogen) atoms. The molecule has 0 saturated carbocycles. The molecule has 1 N–H and O–H groups in total. The van der Waals surface area contributed by atoms with Crippen LogP contribution in [0.15, 0.2) is 4.52 Å². The molecule has 0 aromatic carbocycles. The van der Waals surface area contributed by atoms with Gasteiger partial charge in [0.25, 0.3) is 0 Å². The first kappa shape index (κ1) is 12.2. The summed E-state index contributed by atoms with van der Waals surface area (Å²) in [4.78, 5) is 4.16. The van der Waals surface area contributed by atoms with E-state index < -0.39 is 0 Å². The summed E-state index contributed by atoms with van der Waals surface area (Å²) in [6, 6.07) is 0.564. The minimum absolute atomic E-state index is 0.564. The molecule has 1 aromatic heterocycles. The van der Waals surface area contributed by atoms with Gasteiger partial charge in [0, 0.05) is 12.5 Å². The average molecular weight is 211 g/mol. The van der Waals surface area contributed by atoms with Crippen molar-refractivity contribution in [3.05, 3.63) is 11.7 Å². The minimum Gasteiger partial charge on any atom is -0.339 e. The topological polar surface area (TPSA) is 51.0 Å². The molecule has 0 radical (unpaired) electrons. The molecular weight excluding hydrogens is 190 g/mol. The second kappa shape index (κ2) is 5.85. The van der Waals surface area contributed by atoms with E-state index in [2.05, 4.69) is 36.2 Å². The second-order valence-corrected chi connectivity index (χ2v) is 4.33. The Morgan fingerprint density at radius 3 is 2.60 bits per heavy atom. The summed E-state index contributed by atoms with van der Waals surface area (Å²) in [5, 5.41) is 7.22. The maximum absolute atomic E-state index is 5.03. The van der Waals surface area contributed by atoms with Crippen molar-refractivity contribution in [2.75, 3.05) is 6.54 Å². The Kier molecular flexibility index (Phi) is 4.75. The third-order valence-corrected chi connectivity index (χ3v) is 2.60. The molecule has 1 rings (SSSR count). The smallest absolute Gasteiger partial charge is 0.226 e. The molecule has 1 atom stereocenters. The fraction of sp³-hybridized carbons (Fsp3) is 0.818. The monoisotopic (exact) mass is 211 g/mol. The molecule has 0 aliphatic heterocycles. The SMILES string of the molecule is Cc1noc(CCCNC(C)C(C)C)n1. The highest BCUT2D eigenvalue weighted by Crippen LogP contribution is 2.02. The molecule has 4 nitrogen and oxygen atoms in total. The van der Waals surface area contributed by atoms with Crippen LogP contribution in [-0.4, -0.2) is 22.7 Å². The van der Waals surface area contributed by atoms with Crippen LogP contribution < -0.4 is 5.32 Å². The summed E-state index contributed by atoms with van der Waals surface area (Å²) in [6.07, 6.45) is 1.90. The molecule has 0 saturated heterocycles. The van der Waals surface area contributed by atoms with Crippen LogP contribution >= 0.6 is 0 Å². The number of rotatable bonds is 6. The lowest BCUT2D eigenvalue weighted by Crippen LogP contribution is -2.31. The van der Waals surface area contributed by atoms with Gasteiger partial charge in [-0.25, -0.2) is 0 Å². The molecular formula is C11H21N3O. The van der Waals surface area contributed by atoms with Crippen LogP contribution in [0.3, 0.4) is 0 Å². The fourth-order valence-corrected chi connectivity index (χ4v) is 1.25. The quantitative estimate of drug-likeness (QED) is 0.731. The molecule has 0 bridgehead atoms. The van der Waals surface area contributed by atoms with Gasteiger partial charge in [-0.1, -0.05) is 19.0 Å². The van der Waals surface area contributed by atoms with Crippen LogP contribution in [0, 0.1) is 12.8 Å². The Labute approximate surface area is 91.5 Å². The Balaban J connectivity index is 2.12. The molecule has 0 fully saturated rings. The second-order valence-electron chi connectivity index (χ2n) is 4.33. The van der Waals surface area contributed by atoms with Crippen molar-refractivity contribution in [2.24, 2.45) is 5.92 Å². The predicted octanol–water partition coefficient (Wildman–Crippen LogP) is 1.94. The van der Waals surface area contributed by atoms with Crippen LogP contribution in [0.2, 0.25) is 0 Å². The minimum atomic E-state index is 0.564. The number of aryl methyl sites for hydroxylation is 2. The number of nitrogens with zero attached hydrogens (tertiary/aromatic N) is 2. The van der Waals surface area contributed by atoms with Gasteiger partial charge >= 0.3 is 0 Å². The van der Waals surface area contributed by atoms with Gasteiger partial charge in [0.1, 0.15) is 0 Å². The molecule has 0 amide bonds. The fourth-order valence-electron chi connectivity index (χ4n) is 1.25. The summed E-state index contributed by atoms with van der Waals surface area (Å²) in [6.45, 7) is 9.49. The maximum Gasteiger partial charge on any atom is 0.226 e. The zero-order valence-electron chi connectivity index (χ0n) is 10.1. The highest BCUT2D eigenvalue weighted by Gasteiger charge is 2.06. The molecule has 0 spiro atoms. The zero-order valence-corrected chi connectivity index (χ0v) is 10.1. The Bertz CT molecular complexity index is 283. The van der Waals surface area contributed by atoms with Gasteiger partial charge in [-0.15, -0.1) is 0 Å². The molecule has 1 unspecified atom stereocenters. The van der Waals surface area contributed by atoms with E-state index in [1.807, 2.05) is 6.92 Å². The Morgan fingerprint density at radius 1 is 1.33 bits per heavy atom. The first-order chi connectivity index (χ1) is 7.09. The summed E-state index contributed by atoms with van der Waals surface area (Å²) in [5.41, 5.74) is 0. The highest BCUT2D eigenvalue weighted by atomic mass is 16.5. The van der Waals surface area contributed by atoms with E-state index in [9.17, 15) is 0 Å². The highest BCUT2D eigenvalue weighted by molar-refractivity contribution is 4.82. The standard InChI is InChI=1S/C11H21N3O/c1-8(2)9(3)12-7-5-6-11-13-10(4)14-15-11/h8-9,12H,5-7H2,1-4H3. The van der Waals surface area contributed by atoms with Crippen molar-refractivity contribution in [1.29, 1.82) is 0 Å². The first-order valence-corrected chi connectivity index (χ1v) is 5.62.